The van der Waals surface area contributed by atoms with Gasteiger partial charge in [0.25, 0.3) is 0 Å². The fourth-order valence-corrected chi connectivity index (χ4v) is 1.25. The number of rotatable bonds is 1. The summed E-state index contributed by atoms with van der Waals surface area (Å²) >= 11 is -2.20. The van der Waals surface area contributed by atoms with Gasteiger partial charge in [-0.15, -0.1) is 0 Å². The van der Waals surface area contributed by atoms with E-state index in [-0.39, 0.29) is 42.8 Å². The van der Waals surface area contributed by atoms with Crippen LogP contribution in [0.3, 0.4) is 0 Å². The molecule has 54 valence electrons. The Hall–Kier alpha value is 1.03. The standard InChI is InChI=1S/C4H8O4S.Na/c5-3-1-8-2-4(3)9(6)7;/h3-5H,1-2H2,(H,6,7);/q;+1/p-1/t3-,4-;/m1./s1. The summed E-state index contributed by atoms with van der Waals surface area (Å²) in [5.74, 6) is 0. The Labute approximate surface area is 83.5 Å². The van der Waals surface area contributed by atoms with Crippen molar-refractivity contribution in [1.82, 2.24) is 0 Å². The Balaban J connectivity index is 0.000000810. The van der Waals surface area contributed by atoms with Gasteiger partial charge in [0.15, 0.2) is 0 Å². The molecule has 0 bridgehead atoms. The van der Waals surface area contributed by atoms with Gasteiger partial charge < -0.3 is 14.4 Å². The maximum atomic E-state index is 10.2. The molecule has 0 aliphatic carbocycles. The zero-order valence-corrected chi connectivity index (χ0v) is 8.47. The second-order valence-corrected chi connectivity index (χ2v) is 3.03. The van der Waals surface area contributed by atoms with Crippen LogP contribution < -0.4 is 29.6 Å². The topological polar surface area (TPSA) is 69.6 Å². The third-order valence-corrected chi connectivity index (χ3v) is 2.19. The van der Waals surface area contributed by atoms with E-state index in [0.29, 0.717) is 0 Å². The van der Waals surface area contributed by atoms with Crippen molar-refractivity contribution in [3.8, 4) is 0 Å². The van der Waals surface area contributed by atoms with E-state index < -0.39 is 22.4 Å². The summed E-state index contributed by atoms with van der Waals surface area (Å²) in [5, 5.41) is 8.12. The molecule has 4 nitrogen and oxygen atoms in total. The molecule has 10 heavy (non-hydrogen) atoms. The molecule has 1 heterocycles. The molecule has 0 amide bonds. The summed E-state index contributed by atoms with van der Waals surface area (Å²) in [4.78, 5) is 0. The minimum atomic E-state index is -2.20. The SMILES string of the molecule is O=S([O-])[C@@H]1COC[C@H]1O.[Na+]. The Bertz CT molecular complexity index is 130. The van der Waals surface area contributed by atoms with E-state index in [0.717, 1.165) is 0 Å². The van der Waals surface area contributed by atoms with Crippen LogP contribution >= 0.6 is 0 Å². The summed E-state index contributed by atoms with van der Waals surface area (Å²) in [6.07, 6.45) is -0.830. The molecule has 1 saturated heterocycles. The first-order chi connectivity index (χ1) is 4.22. The number of aliphatic hydroxyl groups is 1. The number of ether oxygens (including phenoxy) is 1. The fourth-order valence-electron chi connectivity index (χ4n) is 0.707. The minimum absolute atomic E-state index is 0. The third-order valence-electron chi connectivity index (χ3n) is 1.25. The van der Waals surface area contributed by atoms with Gasteiger partial charge in [0.05, 0.1) is 24.6 Å². The summed E-state index contributed by atoms with van der Waals surface area (Å²) in [7, 11) is 0. The smallest absolute Gasteiger partial charge is 0.772 e. The van der Waals surface area contributed by atoms with Gasteiger partial charge in [0.2, 0.25) is 0 Å². The summed E-state index contributed by atoms with van der Waals surface area (Å²) < 4.78 is 25.0. The van der Waals surface area contributed by atoms with Crippen LogP contribution in [0, 0.1) is 0 Å². The first kappa shape index (κ1) is 11.0. The Morgan fingerprint density at radius 2 is 2.20 bits per heavy atom. The fraction of sp³-hybridized carbons (Fsp3) is 1.00. The predicted octanol–water partition coefficient (Wildman–Crippen LogP) is -4.37. The molecule has 0 spiro atoms. The summed E-state index contributed by atoms with van der Waals surface area (Å²) in [5.41, 5.74) is 0. The second-order valence-electron chi connectivity index (χ2n) is 1.90. The van der Waals surface area contributed by atoms with E-state index in [9.17, 15) is 8.76 Å². The molecule has 0 aromatic rings. The van der Waals surface area contributed by atoms with E-state index in [1.807, 2.05) is 0 Å². The molecule has 6 heteroatoms. The van der Waals surface area contributed by atoms with E-state index in [1.54, 1.807) is 0 Å². The van der Waals surface area contributed by atoms with Crippen LogP contribution in [0.25, 0.3) is 0 Å². The van der Waals surface area contributed by atoms with Gasteiger partial charge in [-0.3, -0.25) is 4.21 Å². The predicted molar refractivity (Wildman–Crippen MR) is 29.5 cm³/mol. The molecule has 0 aromatic carbocycles. The largest absolute Gasteiger partial charge is 1.00 e. The zero-order valence-electron chi connectivity index (χ0n) is 5.65. The average Bonchev–Trinajstić information content (AvgIpc) is 2.13. The van der Waals surface area contributed by atoms with Gasteiger partial charge in [-0.05, 0) is 11.1 Å². The van der Waals surface area contributed by atoms with Crippen LogP contribution in [0.5, 0.6) is 0 Å². The van der Waals surface area contributed by atoms with Crippen LogP contribution in [0.15, 0.2) is 0 Å². The molecule has 3 atom stereocenters. The van der Waals surface area contributed by atoms with Crippen molar-refractivity contribution in [2.75, 3.05) is 13.2 Å². The Morgan fingerprint density at radius 1 is 1.60 bits per heavy atom. The average molecular weight is 174 g/mol. The summed E-state index contributed by atoms with van der Waals surface area (Å²) in [6, 6.07) is 0. The molecular weight excluding hydrogens is 167 g/mol. The van der Waals surface area contributed by atoms with Crippen molar-refractivity contribution >= 4 is 11.1 Å². The van der Waals surface area contributed by atoms with Gasteiger partial charge in [-0.2, -0.15) is 0 Å². The molecule has 1 unspecified atom stereocenters. The molecule has 1 aliphatic heterocycles. The zero-order chi connectivity index (χ0) is 6.85. The monoisotopic (exact) mass is 174 g/mol. The normalized spacial score (nSPS) is 35.0. The minimum Gasteiger partial charge on any atom is -0.772 e. The molecule has 1 rings (SSSR count). The molecule has 1 aliphatic rings. The van der Waals surface area contributed by atoms with Crippen molar-refractivity contribution < 1.29 is 48.2 Å². The molecule has 0 aromatic heterocycles. The van der Waals surface area contributed by atoms with Crippen molar-refractivity contribution in [1.29, 1.82) is 0 Å². The number of hydrogen-bond acceptors (Lipinski definition) is 4. The first-order valence-electron chi connectivity index (χ1n) is 2.55. The second kappa shape index (κ2) is 4.82. The molecule has 0 radical (unpaired) electrons. The first-order valence-corrected chi connectivity index (χ1v) is 3.69. The van der Waals surface area contributed by atoms with Crippen molar-refractivity contribution in [2.24, 2.45) is 0 Å². The molecule has 1 fully saturated rings. The van der Waals surface area contributed by atoms with E-state index in [4.69, 9.17) is 5.11 Å². The van der Waals surface area contributed by atoms with Gasteiger partial charge in [-0.1, -0.05) is 0 Å². The molecular formula is C4H7NaO4S. The Morgan fingerprint density at radius 3 is 2.40 bits per heavy atom. The third kappa shape index (κ3) is 2.58. The maximum absolute atomic E-state index is 10.2. The maximum Gasteiger partial charge on any atom is 1.00 e. The van der Waals surface area contributed by atoms with Crippen molar-refractivity contribution in [3.63, 3.8) is 0 Å². The number of aliphatic hydroxyl groups excluding tert-OH is 1. The van der Waals surface area contributed by atoms with Crippen LogP contribution in [0.2, 0.25) is 0 Å². The van der Waals surface area contributed by atoms with Crippen LogP contribution in [0.1, 0.15) is 0 Å². The van der Waals surface area contributed by atoms with E-state index >= 15 is 0 Å². The van der Waals surface area contributed by atoms with Crippen molar-refractivity contribution in [3.05, 3.63) is 0 Å². The van der Waals surface area contributed by atoms with Crippen LogP contribution in [-0.4, -0.2) is 38.4 Å². The Kier molecular flexibility index (Phi) is 5.31. The van der Waals surface area contributed by atoms with Crippen LogP contribution in [-0.2, 0) is 15.8 Å². The van der Waals surface area contributed by atoms with Crippen molar-refractivity contribution in [2.45, 2.75) is 11.4 Å². The van der Waals surface area contributed by atoms with E-state index in [2.05, 4.69) is 4.74 Å². The van der Waals surface area contributed by atoms with Gasteiger partial charge in [0.1, 0.15) is 0 Å². The quantitative estimate of drug-likeness (QED) is 0.322. The van der Waals surface area contributed by atoms with E-state index in [1.165, 1.54) is 0 Å². The van der Waals surface area contributed by atoms with Crippen LogP contribution in [0.4, 0.5) is 0 Å². The molecule has 1 N–H and O–H groups in total. The molecule has 0 saturated carbocycles. The summed E-state index contributed by atoms with van der Waals surface area (Å²) in [6.45, 7) is 0.260. The van der Waals surface area contributed by atoms with Gasteiger partial charge >= 0.3 is 29.6 Å². The van der Waals surface area contributed by atoms with Gasteiger partial charge in [-0.25, -0.2) is 0 Å². The number of hydrogen-bond donors (Lipinski definition) is 1. The van der Waals surface area contributed by atoms with Gasteiger partial charge in [0, 0.05) is 0 Å².